The lowest BCUT2D eigenvalue weighted by Crippen LogP contribution is -2.54. The molecule has 0 radical (unpaired) electrons. The van der Waals surface area contributed by atoms with Gasteiger partial charge >= 0.3 is 0 Å². The van der Waals surface area contributed by atoms with Gasteiger partial charge in [-0.1, -0.05) is 18.2 Å². The lowest BCUT2D eigenvalue weighted by Gasteiger charge is -2.38. The van der Waals surface area contributed by atoms with Crippen molar-refractivity contribution in [2.24, 2.45) is 5.41 Å². The van der Waals surface area contributed by atoms with Crippen molar-refractivity contribution >= 4 is 17.7 Å². The number of nitrogens with one attached hydrogen (secondary N) is 1. The maximum atomic E-state index is 13.7. The molecule has 2 heterocycles. The van der Waals surface area contributed by atoms with E-state index in [1.807, 2.05) is 0 Å². The summed E-state index contributed by atoms with van der Waals surface area (Å²) in [4.78, 5) is 39.8. The van der Waals surface area contributed by atoms with Crippen molar-refractivity contribution in [1.82, 2.24) is 15.1 Å². The number of amides is 3. The Morgan fingerprint density at radius 2 is 1.80 bits per heavy atom. The number of carbonyl (C=O) groups excluding carboxylic acids is 3. The summed E-state index contributed by atoms with van der Waals surface area (Å²) in [6.45, 7) is 3.88. The van der Waals surface area contributed by atoms with E-state index in [0.717, 1.165) is 0 Å². The summed E-state index contributed by atoms with van der Waals surface area (Å²) < 4.78 is 13.7. The molecule has 0 bridgehead atoms. The van der Waals surface area contributed by atoms with E-state index in [1.54, 1.807) is 34.9 Å². The number of rotatable bonds is 3. The molecule has 1 aromatic rings. The first-order valence-corrected chi connectivity index (χ1v) is 8.46. The molecule has 3 rings (SSSR count). The molecule has 134 valence electrons. The van der Waals surface area contributed by atoms with Crippen molar-refractivity contribution < 1.29 is 18.8 Å². The molecule has 3 amide bonds. The van der Waals surface area contributed by atoms with E-state index < -0.39 is 5.41 Å². The number of hydrogen-bond acceptors (Lipinski definition) is 3. The molecule has 0 spiro atoms. The van der Waals surface area contributed by atoms with Gasteiger partial charge in [-0.2, -0.15) is 0 Å². The third-order valence-electron chi connectivity index (χ3n) is 4.96. The first kappa shape index (κ1) is 17.4. The molecule has 1 aromatic carbocycles. The highest BCUT2D eigenvalue weighted by Gasteiger charge is 2.43. The molecule has 2 aliphatic heterocycles. The number of benzene rings is 1. The third-order valence-corrected chi connectivity index (χ3v) is 4.96. The normalized spacial score (nSPS) is 23.5. The van der Waals surface area contributed by atoms with Crippen LogP contribution in [0.5, 0.6) is 0 Å². The second-order valence-corrected chi connectivity index (χ2v) is 6.96. The molecule has 1 unspecified atom stereocenters. The van der Waals surface area contributed by atoms with Gasteiger partial charge < -0.3 is 15.1 Å². The largest absolute Gasteiger partial charge is 0.355 e. The van der Waals surface area contributed by atoms with Crippen LogP contribution in [0.4, 0.5) is 4.39 Å². The number of carbonyl (C=O) groups is 3. The quantitative estimate of drug-likeness (QED) is 0.869. The molecule has 0 saturated carbocycles. The SMILES string of the molecule is CC1(C(=O)N2CCN(C(=O)Cc3ccccc3F)CC2)CNC(=O)C1. The number of hydrogen-bond donors (Lipinski definition) is 1. The van der Waals surface area contributed by atoms with E-state index in [-0.39, 0.29) is 36.4 Å². The molecule has 1 atom stereocenters. The number of nitrogens with zero attached hydrogens (tertiary/aromatic N) is 2. The minimum absolute atomic E-state index is 0.0246. The molecule has 2 fully saturated rings. The molecule has 1 N–H and O–H groups in total. The number of piperazine rings is 1. The monoisotopic (exact) mass is 347 g/mol. The van der Waals surface area contributed by atoms with Crippen LogP contribution in [-0.4, -0.2) is 60.2 Å². The zero-order valence-electron chi connectivity index (χ0n) is 14.3. The van der Waals surface area contributed by atoms with E-state index in [2.05, 4.69) is 5.32 Å². The molecular formula is C18H22FN3O3. The predicted octanol–water partition coefficient (Wildman–Crippen LogP) is 0.565. The molecule has 2 saturated heterocycles. The van der Waals surface area contributed by atoms with Crippen molar-refractivity contribution in [3.8, 4) is 0 Å². The van der Waals surface area contributed by atoms with E-state index in [4.69, 9.17) is 0 Å². The van der Waals surface area contributed by atoms with Gasteiger partial charge in [-0.15, -0.1) is 0 Å². The van der Waals surface area contributed by atoms with Gasteiger partial charge in [0.1, 0.15) is 5.82 Å². The molecule has 0 aromatic heterocycles. The molecule has 6 nitrogen and oxygen atoms in total. The van der Waals surface area contributed by atoms with Gasteiger partial charge in [0, 0.05) is 39.1 Å². The van der Waals surface area contributed by atoms with Gasteiger partial charge in [0.2, 0.25) is 17.7 Å². The Morgan fingerprint density at radius 1 is 1.16 bits per heavy atom. The Balaban J connectivity index is 1.55. The Kier molecular flexibility index (Phi) is 4.74. The van der Waals surface area contributed by atoms with E-state index in [1.165, 1.54) is 6.07 Å². The topological polar surface area (TPSA) is 69.7 Å². The third kappa shape index (κ3) is 3.65. The summed E-state index contributed by atoms with van der Waals surface area (Å²) in [7, 11) is 0. The molecule has 25 heavy (non-hydrogen) atoms. The summed E-state index contributed by atoms with van der Waals surface area (Å²) in [5.74, 6) is -0.668. The van der Waals surface area contributed by atoms with E-state index >= 15 is 0 Å². The Morgan fingerprint density at radius 3 is 2.40 bits per heavy atom. The molecule has 0 aliphatic carbocycles. The highest BCUT2D eigenvalue weighted by atomic mass is 19.1. The molecule has 2 aliphatic rings. The van der Waals surface area contributed by atoms with Crippen LogP contribution in [0.3, 0.4) is 0 Å². The molecule has 7 heteroatoms. The van der Waals surface area contributed by atoms with Crippen molar-refractivity contribution in [2.75, 3.05) is 32.7 Å². The van der Waals surface area contributed by atoms with Crippen molar-refractivity contribution in [3.63, 3.8) is 0 Å². The van der Waals surface area contributed by atoms with Gasteiger partial charge in [-0.25, -0.2) is 4.39 Å². The second kappa shape index (κ2) is 6.82. The van der Waals surface area contributed by atoms with Gasteiger partial charge in [-0.05, 0) is 18.6 Å². The van der Waals surface area contributed by atoms with E-state index in [9.17, 15) is 18.8 Å². The van der Waals surface area contributed by atoms with Gasteiger partial charge in [0.15, 0.2) is 0 Å². The van der Waals surface area contributed by atoms with Crippen LogP contribution in [-0.2, 0) is 20.8 Å². The van der Waals surface area contributed by atoms with Crippen LogP contribution >= 0.6 is 0 Å². The van der Waals surface area contributed by atoms with Crippen LogP contribution in [0.15, 0.2) is 24.3 Å². The minimum atomic E-state index is -0.698. The summed E-state index contributed by atoms with van der Waals surface area (Å²) in [5.41, 5.74) is -0.315. The van der Waals surface area contributed by atoms with Crippen molar-refractivity contribution in [2.45, 2.75) is 19.8 Å². The zero-order chi connectivity index (χ0) is 18.0. The predicted molar refractivity (Wildman–Crippen MR) is 89.0 cm³/mol. The average Bonchev–Trinajstić information content (AvgIpc) is 2.96. The fraction of sp³-hybridized carbons (Fsp3) is 0.500. The van der Waals surface area contributed by atoms with Crippen LogP contribution in [0, 0.1) is 11.2 Å². The fourth-order valence-corrected chi connectivity index (χ4v) is 3.38. The first-order chi connectivity index (χ1) is 11.9. The molecular weight excluding hydrogens is 325 g/mol. The fourth-order valence-electron chi connectivity index (χ4n) is 3.38. The standard InChI is InChI=1S/C18H22FN3O3/c1-18(11-15(23)20-12-18)17(25)22-8-6-21(7-9-22)16(24)10-13-4-2-3-5-14(13)19/h2-5H,6-12H2,1H3,(H,20,23). The Hall–Kier alpha value is -2.44. The minimum Gasteiger partial charge on any atom is -0.355 e. The smallest absolute Gasteiger partial charge is 0.230 e. The average molecular weight is 347 g/mol. The second-order valence-electron chi connectivity index (χ2n) is 6.96. The highest BCUT2D eigenvalue weighted by Crippen LogP contribution is 2.28. The lowest BCUT2D eigenvalue weighted by atomic mass is 9.87. The summed E-state index contributed by atoms with van der Waals surface area (Å²) in [5, 5.41) is 2.70. The lowest BCUT2D eigenvalue weighted by molar-refractivity contribution is -0.145. The highest BCUT2D eigenvalue weighted by molar-refractivity contribution is 5.92. The summed E-state index contributed by atoms with van der Waals surface area (Å²) in [6, 6.07) is 6.26. The van der Waals surface area contributed by atoms with Crippen molar-refractivity contribution in [1.29, 1.82) is 0 Å². The van der Waals surface area contributed by atoms with Crippen LogP contribution in [0.1, 0.15) is 18.9 Å². The Labute approximate surface area is 146 Å². The van der Waals surface area contributed by atoms with E-state index in [0.29, 0.717) is 38.3 Å². The Bertz CT molecular complexity index is 701. The van der Waals surface area contributed by atoms with Crippen LogP contribution in [0.25, 0.3) is 0 Å². The van der Waals surface area contributed by atoms with Gasteiger partial charge in [0.25, 0.3) is 0 Å². The van der Waals surface area contributed by atoms with Crippen LogP contribution < -0.4 is 5.32 Å². The maximum absolute atomic E-state index is 13.7. The van der Waals surface area contributed by atoms with Crippen LogP contribution in [0.2, 0.25) is 0 Å². The van der Waals surface area contributed by atoms with Gasteiger partial charge in [0.05, 0.1) is 11.8 Å². The maximum Gasteiger partial charge on any atom is 0.230 e. The zero-order valence-corrected chi connectivity index (χ0v) is 14.3. The summed E-state index contributed by atoms with van der Waals surface area (Å²) in [6.07, 6.45) is 0.231. The van der Waals surface area contributed by atoms with Crippen molar-refractivity contribution in [3.05, 3.63) is 35.6 Å². The first-order valence-electron chi connectivity index (χ1n) is 8.46. The summed E-state index contributed by atoms with van der Waals surface area (Å²) >= 11 is 0. The number of halogens is 1. The van der Waals surface area contributed by atoms with Gasteiger partial charge in [-0.3, -0.25) is 14.4 Å².